The predicted molar refractivity (Wildman–Crippen MR) is 89.9 cm³/mol. The molecule has 0 aliphatic carbocycles. The van der Waals surface area contributed by atoms with Crippen LogP contribution in [0.1, 0.15) is 12.6 Å². The zero-order valence-electron chi connectivity index (χ0n) is 13.3. The van der Waals surface area contributed by atoms with Gasteiger partial charge in [-0.25, -0.2) is 4.98 Å². The maximum absolute atomic E-state index is 12.4. The van der Waals surface area contributed by atoms with E-state index in [0.717, 1.165) is 36.0 Å². The molecule has 2 aromatic heterocycles. The summed E-state index contributed by atoms with van der Waals surface area (Å²) in [6, 6.07) is 5.75. The third-order valence-corrected chi connectivity index (χ3v) is 4.23. The number of carbonyl (C=O) groups excluding carboxylic acids is 1. The van der Waals surface area contributed by atoms with Crippen LogP contribution in [0.5, 0.6) is 0 Å². The summed E-state index contributed by atoms with van der Waals surface area (Å²) in [5.41, 5.74) is 1.67. The van der Waals surface area contributed by atoms with Crippen molar-refractivity contribution in [1.29, 1.82) is 0 Å². The maximum Gasteiger partial charge on any atom is 0.228 e. The average Bonchev–Trinajstić information content (AvgIpc) is 2.97. The lowest BCUT2D eigenvalue weighted by Crippen LogP contribution is -2.37. The number of thiazole rings is 1. The van der Waals surface area contributed by atoms with E-state index in [1.165, 1.54) is 11.3 Å². The first kappa shape index (κ1) is 16.6. The number of nitrogens with zero attached hydrogens (tertiary/aromatic N) is 4. The third-order valence-electron chi connectivity index (χ3n) is 3.32. The molecule has 0 fully saturated rings. The summed E-state index contributed by atoms with van der Waals surface area (Å²) in [6.07, 6.45) is 2.10. The molecule has 0 spiro atoms. The van der Waals surface area contributed by atoms with Gasteiger partial charge < -0.3 is 9.80 Å². The Morgan fingerprint density at radius 2 is 2.09 bits per heavy atom. The van der Waals surface area contributed by atoms with E-state index in [1.54, 1.807) is 6.20 Å². The van der Waals surface area contributed by atoms with E-state index < -0.39 is 0 Å². The van der Waals surface area contributed by atoms with Gasteiger partial charge in [-0.3, -0.25) is 9.78 Å². The number of amides is 1. The Morgan fingerprint density at radius 1 is 1.27 bits per heavy atom. The SMILES string of the molecule is CCN(CCN(C)C)C(=O)Cc1csc(-c2ccccn2)n1. The summed E-state index contributed by atoms with van der Waals surface area (Å²) in [5.74, 6) is 0.127. The molecule has 6 heteroatoms. The molecule has 2 heterocycles. The highest BCUT2D eigenvalue weighted by molar-refractivity contribution is 7.13. The van der Waals surface area contributed by atoms with E-state index >= 15 is 0 Å². The van der Waals surface area contributed by atoms with Crippen molar-refractivity contribution in [2.24, 2.45) is 0 Å². The van der Waals surface area contributed by atoms with Crippen molar-refractivity contribution in [2.75, 3.05) is 33.7 Å². The summed E-state index contributed by atoms with van der Waals surface area (Å²) >= 11 is 1.53. The molecule has 0 atom stereocenters. The van der Waals surface area contributed by atoms with Crippen molar-refractivity contribution in [2.45, 2.75) is 13.3 Å². The quantitative estimate of drug-likeness (QED) is 0.785. The number of rotatable bonds is 7. The van der Waals surface area contributed by atoms with Crippen LogP contribution in [0.25, 0.3) is 10.7 Å². The molecule has 0 bridgehead atoms. The van der Waals surface area contributed by atoms with Gasteiger partial charge in [0.15, 0.2) is 0 Å². The smallest absolute Gasteiger partial charge is 0.228 e. The van der Waals surface area contributed by atoms with Crippen molar-refractivity contribution in [1.82, 2.24) is 19.8 Å². The van der Waals surface area contributed by atoms with Crippen LogP contribution in [0.15, 0.2) is 29.8 Å². The molecule has 22 heavy (non-hydrogen) atoms. The topological polar surface area (TPSA) is 49.3 Å². The Bertz CT molecular complexity index is 597. The molecule has 0 aromatic carbocycles. The molecule has 0 unspecified atom stereocenters. The Labute approximate surface area is 135 Å². The van der Waals surface area contributed by atoms with Crippen LogP contribution in [0.2, 0.25) is 0 Å². The minimum absolute atomic E-state index is 0.127. The maximum atomic E-state index is 12.4. The Morgan fingerprint density at radius 3 is 2.73 bits per heavy atom. The zero-order chi connectivity index (χ0) is 15.9. The van der Waals surface area contributed by atoms with Gasteiger partial charge in [0.1, 0.15) is 5.01 Å². The number of hydrogen-bond acceptors (Lipinski definition) is 5. The van der Waals surface area contributed by atoms with Crippen molar-refractivity contribution >= 4 is 17.2 Å². The molecule has 0 saturated heterocycles. The highest BCUT2D eigenvalue weighted by atomic mass is 32.1. The van der Waals surface area contributed by atoms with E-state index in [2.05, 4.69) is 14.9 Å². The van der Waals surface area contributed by atoms with Crippen LogP contribution in [0.3, 0.4) is 0 Å². The monoisotopic (exact) mass is 318 g/mol. The molecule has 0 aliphatic rings. The molecule has 0 radical (unpaired) electrons. The fourth-order valence-corrected chi connectivity index (χ4v) is 2.84. The van der Waals surface area contributed by atoms with E-state index in [0.29, 0.717) is 6.42 Å². The highest BCUT2D eigenvalue weighted by Crippen LogP contribution is 2.21. The molecule has 0 aliphatic heterocycles. The number of carbonyl (C=O) groups is 1. The lowest BCUT2D eigenvalue weighted by molar-refractivity contribution is -0.130. The standard InChI is InChI=1S/C16H22N4OS/c1-4-20(10-9-19(2)3)15(21)11-13-12-22-16(18-13)14-7-5-6-8-17-14/h5-8,12H,4,9-11H2,1-3H3. The number of pyridine rings is 1. The fraction of sp³-hybridized carbons (Fsp3) is 0.438. The largest absolute Gasteiger partial charge is 0.341 e. The zero-order valence-corrected chi connectivity index (χ0v) is 14.1. The second-order valence-electron chi connectivity index (χ2n) is 5.31. The Kier molecular flexibility index (Phi) is 6.03. The van der Waals surface area contributed by atoms with Gasteiger partial charge in [-0.05, 0) is 33.2 Å². The van der Waals surface area contributed by atoms with Gasteiger partial charge in [0.2, 0.25) is 5.91 Å². The minimum Gasteiger partial charge on any atom is -0.341 e. The second-order valence-corrected chi connectivity index (χ2v) is 6.17. The van der Waals surface area contributed by atoms with Gasteiger partial charge in [-0.15, -0.1) is 11.3 Å². The normalized spacial score (nSPS) is 10.9. The van der Waals surface area contributed by atoms with Crippen LogP contribution >= 0.6 is 11.3 Å². The first-order valence-corrected chi connectivity index (χ1v) is 8.26. The lowest BCUT2D eigenvalue weighted by atomic mass is 10.3. The van der Waals surface area contributed by atoms with Gasteiger partial charge in [0, 0.05) is 31.2 Å². The van der Waals surface area contributed by atoms with Gasteiger partial charge in [0.05, 0.1) is 17.8 Å². The molecule has 5 nitrogen and oxygen atoms in total. The summed E-state index contributed by atoms with van der Waals surface area (Å²) in [7, 11) is 4.02. The summed E-state index contributed by atoms with van der Waals surface area (Å²) in [5, 5.41) is 2.81. The molecule has 0 saturated carbocycles. The van der Waals surface area contributed by atoms with Crippen molar-refractivity contribution in [3.05, 3.63) is 35.5 Å². The van der Waals surface area contributed by atoms with Crippen LogP contribution in [0.4, 0.5) is 0 Å². The molecule has 2 aromatic rings. The average molecular weight is 318 g/mol. The van der Waals surface area contributed by atoms with Gasteiger partial charge >= 0.3 is 0 Å². The number of hydrogen-bond donors (Lipinski definition) is 0. The van der Waals surface area contributed by atoms with Gasteiger partial charge in [-0.1, -0.05) is 6.07 Å². The number of likely N-dealkylation sites (N-methyl/N-ethyl adjacent to an activating group) is 2. The van der Waals surface area contributed by atoms with Crippen molar-refractivity contribution in [3.8, 4) is 10.7 Å². The number of aromatic nitrogens is 2. The first-order valence-electron chi connectivity index (χ1n) is 7.38. The predicted octanol–water partition coefficient (Wildman–Crippen LogP) is 2.16. The van der Waals surface area contributed by atoms with E-state index in [-0.39, 0.29) is 5.91 Å². The van der Waals surface area contributed by atoms with E-state index in [9.17, 15) is 4.79 Å². The first-order chi connectivity index (χ1) is 10.6. The Balaban J connectivity index is 1.98. The van der Waals surface area contributed by atoms with Gasteiger partial charge in [0.25, 0.3) is 0 Å². The van der Waals surface area contributed by atoms with Crippen LogP contribution in [-0.2, 0) is 11.2 Å². The van der Waals surface area contributed by atoms with Crippen LogP contribution in [-0.4, -0.2) is 59.4 Å². The molecular weight excluding hydrogens is 296 g/mol. The van der Waals surface area contributed by atoms with Crippen molar-refractivity contribution < 1.29 is 4.79 Å². The van der Waals surface area contributed by atoms with Crippen LogP contribution < -0.4 is 0 Å². The van der Waals surface area contributed by atoms with Gasteiger partial charge in [-0.2, -0.15) is 0 Å². The summed E-state index contributed by atoms with van der Waals surface area (Å²) < 4.78 is 0. The molecule has 118 valence electrons. The van der Waals surface area contributed by atoms with Crippen molar-refractivity contribution in [3.63, 3.8) is 0 Å². The second kappa shape index (κ2) is 8.00. The van der Waals surface area contributed by atoms with E-state index in [4.69, 9.17) is 0 Å². The van der Waals surface area contributed by atoms with E-state index in [1.807, 2.05) is 49.5 Å². The molecular formula is C16H22N4OS. The fourth-order valence-electron chi connectivity index (χ4n) is 2.04. The summed E-state index contributed by atoms with van der Waals surface area (Å²) in [6.45, 7) is 4.35. The molecule has 2 rings (SSSR count). The Hall–Kier alpha value is -1.79. The minimum atomic E-state index is 0.127. The van der Waals surface area contributed by atoms with Crippen LogP contribution in [0, 0.1) is 0 Å². The summed E-state index contributed by atoms with van der Waals surface area (Å²) in [4.78, 5) is 25.1. The highest BCUT2D eigenvalue weighted by Gasteiger charge is 2.15. The molecule has 0 N–H and O–H groups in total. The molecule has 1 amide bonds. The lowest BCUT2D eigenvalue weighted by Gasteiger charge is -2.22. The third kappa shape index (κ3) is 4.61.